The van der Waals surface area contributed by atoms with Gasteiger partial charge in [-0.3, -0.25) is 4.72 Å². The van der Waals surface area contributed by atoms with Gasteiger partial charge in [0.15, 0.2) is 0 Å². The summed E-state index contributed by atoms with van der Waals surface area (Å²) >= 11 is 0. The summed E-state index contributed by atoms with van der Waals surface area (Å²) in [4.78, 5) is 0. The van der Waals surface area contributed by atoms with Crippen LogP contribution in [0.1, 0.15) is 20.8 Å². The largest absolute Gasteiger partial charge is 0.494 e. The lowest BCUT2D eigenvalue weighted by atomic mass is 10.3. The third-order valence-corrected chi connectivity index (χ3v) is 4.31. The number of hydrogen-bond donors (Lipinski definition) is 2. The maximum atomic E-state index is 12.0. The van der Waals surface area contributed by atoms with E-state index < -0.39 is 21.9 Å². The minimum Gasteiger partial charge on any atom is -0.494 e. The molecule has 1 atom stereocenters. The number of aliphatic hydroxyl groups is 1. The Hall–Kier alpha value is -1.47. The Morgan fingerprint density at radius 1 is 1.25 bits per heavy atom. The van der Waals surface area contributed by atoms with Crippen LogP contribution < -0.4 is 14.2 Å². The number of aliphatic hydroxyl groups excluding tert-OH is 1. The Bertz CT molecular complexity index is 530. The molecule has 7 heteroatoms. The van der Waals surface area contributed by atoms with Gasteiger partial charge in [0.2, 0.25) is 10.0 Å². The van der Waals surface area contributed by atoms with Crippen LogP contribution >= 0.6 is 0 Å². The van der Waals surface area contributed by atoms with Crippen LogP contribution in [0.4, 0.5) is 5.69 Å². The van der Waals surface area contributed by atoms with Gasteiger partial charge in [-0.2, -0.15) is 0 Å². The zero-order valence-corrected chi connectivity index (χ0v) is 12.7. The van der Waals surface area contributed by atoms with E-state index in [-0.39, 0.29) is 0 Å². The summed E-state index contributed by atoms with van der Waals surface area (Å²) in [5.41, 5.74) is 0.304. The van der Waals surface area contributed by atoms with Crippen molar-refractivity contribution in [2.24, 2.45) is 0 Å². The molecule has 2 N–H and O–H groups in total. The summed E-state index contributed by atoms with van der Waals surface area (Å²) in [5, 5.41) is 8.08. The van der Waals surface area contributed by atoms with Gasteiger partial charge in [0.25, 0.3) is 0 Å². The number of anilines is 1. The van der Waals surface area contributed by atoms with Crippen LogP contribution in [0.25, 0.3) is 0 Å². The quantitative estimate of drug-likeness (QED) is 0.762. The monoisotopic (exact) mass is 303 g/mol. The fraction of sp³-hybridized carbons (Fsp3) is 0.538. The van der Waals surface area contributed by atoms with Crippen molar-refractivity contribution in [1.29, 1.82) is 0 Å². The lowest BCUT2D eigenvalue weighted by molar-refractivity contribution is 0.296. The van der Waals surface area contributed by atoms with Crippen molar-refractivity contribution in [2.75, 3.05) is 24.5 Å². The molecule has 1 rings (SSSR count). The molecule has 0 heterocycles. The number of hydrogen-bond acceptors (Lipinski definition) is 5. The molecule has 0 radical (unpaired) electrons. The van der Waals surface area contributed by atoms with E-state index in [1.54, 1.807) is 18.2 Å². The molecule has 0 aliphatic carbocycles. The van der Waals surface area contributed by atoms with Crippen molar-refractivity contribution in [1.82, 2.24) is 0 Å². The van der Waals surface area contributed by atoms with Crippen molar-refractivity contribution in [3.63, 3.8) is 0 Å². The molecule has 0 fully saturated rings. The molecule has 0 saturated heterocycles. The molecule has 20 heavy (non-hydrogen) atoms. The minimum absolute atomic E-state index is 0.304. The van der Waals surface area contributed by atoms with E-state index in [1.165, 1.54) is 6.92 Å². The topological polar surface area (TPSA) is 84.9 Å². The molecule has 0 saturated carbocycles. The predicted molar refractivity (Wildman–Crippen MR) is 77.9 cm³/mol. The van der Waals surface area contributed by atoms with Crippen LogP contribution in [-0.2, 0) is 10.0 Å². The van der Waals surface area contributed by atoms with E-state index in [2.05, 4.69) is 4.72 Å². The van der Waals surface area contributed by atoms with Gasteiger partial charge in [0.05, 0.1) is 25.5 Å². The third kappa shape index (κ3) is 4.28. The zero-order valence-electron chi connectivity index (χ0n) is 11.9. The minimum atomic E-state index is -3.67. The second-order valence-electron chi connectivity index (χ2n) is 4.16. The highest BCUT2D eigenvalue weighted by atomic mass is 32.2. The van der Waals surface area contributed by atoms with Crippen molar-refractivity contribution < 1.29 is 23.0 Å². The maximum Gasteiger partial charge on any atom is 0.237 e. The molecule has 114 valence electrons. The van der Waals surface area contributed by atoms with Crippen LogP contribution in [0.2, 0.25) is 0 Å². The van der Waals surface area contributed by atoms with E-state index in [0.717, 1.165) is 0 Å². The first-order chi connectivity index (χ1) is 9.44. The predicted octanol–water partition coefficient (Wildman–Crippen LogP) is 1.61. The summed E-state index contributed by atoms with van der Waals surface area (Å²) in [7, 11) is -3.67. The van der Waals surface area contributed by atoms with Crippen LogP contribution in [0.3, 0.4) is 0 Å². The zero-order chi connectivity index (χ0) is 15.2. The van der Waals surface area contributed by atoms with Gasteiger partial charge in [0.1, 0.15) is 16.7 Å². The molecule has 0 bridgehead atoms. The fourth-order valence-electron chi connectivity index (χ4n) is 1.48. The van der Waals surface area contributed by atoms with Gasteiger partial charge in [-0.05, 0) is 32.9 Å². The Kier molecular flexibility index (Phi) is 6.09. The van der Waals surface area contributed by atoms with Gasteiger partial charge in [-0.25, -0.2) is 8.42 Å². The number of sulfonamides is 1. The Morgan fingerprint density at radius 2 is 1.90 bits per heavy atom. The smallest absolute Gasteiger partial charge is 0.237 e. The SMILES string of the molecule is CCOc1ccc(OCC)c(NS(=O)(=O)C(C)CO)c1. The lowest BCUT2D eigenvalue weighted by Crippen LogP contribution is -2.28. The number of nitrogens with one attached hydrogen (secondary N) is 1. The highest BCUT2D eigenvalue weighted by molar-refractivity contribution is 7.93. The lowest BCUT2D eigenvalue weighted by Gasteiger charge is -2.16. The van der Waals surface area contributed by atoms with Crippen molar-refractivity contribution in [2.45, 2.75) is 26.0 Å². The molecule has 0 amide bonds. The molecule has 1 aromatic rings. The second-order valence-corrected chi connectivity index (χ2v) is 6.26. The molecule has 6 nitrogen and oxygen atoms in total. The first kappa shape index (κ1) is 16.6. The average Bonchev–Trinajstić information content (AvgIpc) is 2.41. The normalized spacial score (nSPS) is 12.8. The summed E-state index contributed by atoms with van der Waals surface area (Å²) in [5.74, 6) is 0.968. The summed E-state index contributed by atoms with van der Waals surface area (Å²) in [6.07, 6.45) is 0. The molecule has 0 spiro atoms. The standard InChI is InChI=1S/C13H21NO5S/c1-4-18-11-6-7-13(19-5-2)12(8-11)14-20(16,17)10(3)9-15/h6-8,10,14-15H,4-5,9H2,1-3H3. The highest BCUT2D eigenvalue weighted by Gasteiger charge is 2.21. The molecular weight excluding hydrogens is 282 g/mol. The molecular formula is C13H21NO5S. The van der Waals surface area contributed by atoms with E-state index >= 15 is 0 Å². The Labute approximate surface area is 119 Å². The van der Waals surface area contributed by atoms with E-state index in [1.807, 2.05) is 13.8 Å². The molecule has 0 aliphatic rings. The average molecular weight is 303 g/mol. The molecule has 1 unspecified atom stereocenters. The molecule has 0 aliphatic heterocycles. The van der Waals surface area contributed by atoms with Crippen molar-refractivity contribution in [3.05, 3.63) is 18.2 Å². The Morgan fingerprint density at radius 3 is 2.45 bits per heavy atom. The van der Waals surface area contributed by atoms with Crippen LogP contribution in [0.5, 0.6) is 11.5 Å². The van der Waals surface area contributed by atoms with Crippen LogP contribution in [0.15, 0.2) is 18.2 Å². The van der Waals surface area contributed by atoms with Crippen LogP contribution in [-0.4, -0.2) is 38.6 Å². The fourth-order valence-corrected chi connectivity index (χ4v) is 2.34. The highest BCUT2D eigenvalue weighted by Crippen LogP contribution is 2.30. The van der Waals surface area contributed by atoms with Gasteiger partial charge < -0.3 is 14.6 Å². The first-order valence-electron chi connectivity index (χ1n) is 6.46. The van der Waals surface area contributed by atoms with Gasteiger partial charge in [-0.1, -0.05) is 0 Å². The van der Waals surface area contributed by atoms with Gasteiger partial charge in [0, 0.05) is 6.07 Å². The van der Waals surface area contributed by atoms with E-state index in [0.29, 0.717) is 30.4 Å². The Balaban J connectivity index is 3.09. The second kappa shape index (κ2) is 7.35. The first-order valence-corrected chi connectivity index (χ1v) is 8.01. The van der Waals surface area contributed by atoms with Crippen LogP contribution in [0, 0.1) is 0 Å². The van der Waals surface area contributed by atoms with Gasteiger partial charge >= 0.3 is 0 Å². The number of ether oxygens (including phenoxy) is 2. The number of rotatable bonds is 8. The maximum absolute atomic E-state index is 12.0. The summed E-state index contributed by atoms with van der Waals surface area (Å²) in [6.45, 7) is 5.52. The summed E-state index contributed by atoms with van der Waals surface area (Å²) in [6, 6.07) is 4.92. The van der Waals surface area contributed by atoms with Crippen molar-refractivity contribution >= 4 is 15.7 Å². The van der Waals surface area contributed by atoms with E-state index in [4.69, 9.17) is 14.6 Å². The van der Waals surface area contributed by atoms with E-state index in [9.17, 15) is 8.42 Å². The molecule has 1 aromatic carbocycles. The number of benzene rings is 1. The van der Waals surface area contributed by atoms with Crippen molar-refractivity contribution in [3.8, 4) is 11.5 Å². The summed E-state index contributed by atoms with van der Waals surface area (Å²) < 4.78 is 37.1. The third-order valence-electron chi connectivity index (χ3n) is 2.60. The van der Waals surface area contributed by atoms with Gasteiger partial charge in [-0.15, -0.1) is 0 Å². The molecule has 0 aromatic heterocycles.